The van der Waals surface area contributed by atoms with Crippen molar-refractivity contribution in [3.63, 3.8) is 0 Å². The van der Waals surface area contributed by atoms with Gasteiger partial charge in [0.05, 0.1) is 19.1 Å². The maximum Gasteiger partial charge on any atom is 0.310 e. The predicted octanol–water partition coefficient (Wildman–Crippen LogP) is 2.10. The third kappa shape index (κ3) is 8.09. The molecule has 1 amide bonds. The molecular formula is C18H35IN4O3. The first-order valence-electron chi connectivity index (χ1n) is 9.54. The van der Waals surface area contributed by atoms with Crippen LogP contribution >= 0.6 is 24.0 Å². The van der Waals surface area contributed by atoms with Gasteiger partial charge in [-0.2, -0.15) is 0 Å². The Hall–Kier alpha value is -1.06. The monoisotopic (exact) mass is 482 g/mol. The Labute approximate surface area is 174 Å². The maximum atomic E-state index is 12.1. The van der Waals surface area contributed by atoms with E-state index in [1.165, 1.54) is 0 Å². The molecule has 1 saturated heterocycles. The summed E-state index contributed by atoms with van der Waals surface area (Å²) < 4.78 is 5.16. The van der Waals surface area contributed by atoms with Gasteiger partial charge in [0, 0.05) is 39.1 Å². The van der Waals surface area contributed by atoms with E-state index in [1.54, 1.807) is 0 Å². The highest BCUT2D eigenvalue weighted by Crippen LogP contribution is 2.18. The van der Waals surface area contributed by atoms with E-state index < -0.39 is 0 Å². The lowest BCUT2D eigenvalue weighted by Crippen LogP contribution is -2.48. The second-order valence-electron chi connectivity index (χ2n) is 6.09. The predicted molar refractivity (Wildman–Crippen MR) is 115 cm³/mol. The molecule has 0 aromatic rings. The molecule has 1 aliphatic rings. The van der Waals surface area contributed by atoms with Gasteiger partial charge in [0.15, 0.2) is 5.96 Å². The number of guanidine groups is 1. The van der Waals surface area contributed by atoms with Gasteiger partial charge in [0.2, 0.25) is 5.91 Å². The van der Waals surface area contributed by atoms with Crippen molar-refractivity contribution in [3.05, 3.63) is 0 Å². The van der Waals surface area contributed by atoms with Crippen molar-refractivity contribution < 1.29 is 14.3 Å². The molecule has 0 spiro atoms. The highest BCUT2D eigenvalue weighted by atomic mass is 127. The second kappa shape index (κ2) is 14.1. The van der Waals surface area contributed by atoms with Gasteiger partial charge < -0.3 is 19.9 Å². The number of aliphatic imine (C=N–C) groups is 1. The maximum absolute atomic E-state index is 12.1. The Kier molecular flexibility index (Phi) is 13.5. The molecule has 7 nitrogen and oxygen atoms in total. The fourth-order valence-corrected chi connectivity index (χ4v) is 3.04. The van der Waals surface area contributed by atoms with Crippen molar-refractivity contribution in [1.82, 2.24) is 15.1 Å². The van der Waals surface area contributed by atoms with E-state index in [9.17, 15) is 9.59 Å². The Bertz CT molecular complexity index is 456. The van der Waals surface area contributed by atoms with Crippen LogP contribution in [0.1, 0.15) is 47.0 Å². The number of nitrogens with one attached hydrogen (secondary N) is 1. The highest BCUT2D eigenvalue weighted by molar-refractivity contribution is 14.0. The summed E-state index contributed by atoms with van der Waals surface area (Å²) in [6.07, 6.45) is 2.20. The van der Waals surface area contributed by atoms with E-state index >= 15 is 0 Å². The molecule has 1 fully saturated rings. The first-order chi connectivity index (χ1) is 12.1. The first kappa shape index (κ1) is 24.9. The molecule has 0 radical (unpaired) electrons. The number of hydrogen-bond acceptors (Lipinski definition) is 4. The molecule has 1 heterocycles. The lowest BCUT2D eigenvalue weighted by Gasteiger charge is -2.34. The van der Waals surface area contributed by atoms with Crippen LogP contribution in [0.25, 0.3) is 0 Å². The van der Waals surface area contributed by atoms with E-state index in [4.69, 9.17) is 4.74 Å². The fraction of sp³-hybridized carbons (Fsp3) is 0.833. The summed E-state index contributed by atoms with van der Waals surface area (Å²) in [7, 11) is 0. The van der Waals surface area contributed by atoms with E-state index in [0.717, 1.165) is 45.0 Å². The molecule has 0 saturated carbocycles. The summed E-state index contributed by atoms with van der Waals surface area (Å²) in [6, 6.07) is 0. The third-order valence-corrected chi connectivity index (χ3v) is 4.38. The van der Waals surface area contributed by atoms with E-state index in [0.29, 0.717) is 26.1 Å². The van der Waals surface area contributed by atoms with Gasteiger partial charge in [-0.25, -0.2) is 0 Å². The number of carbonyl (C=O) groups excluding carboxylic acids is 2. The van der Waals surface area contributed by atoms with Crippen LogP contribution < -0.4 is 5.32 Å². The summed E-state index contributed by atoms with van der Waals surface area (Å²) in [4.78, 5) is 32.6. The minimum Gasteiger partial charge on any atom is -0.466 e. The SMILES string of the molecule is CCNC(=NCCC(=O)N(CC)CC)N1CCCC(C(=O)OCC)C1.I. The van der Waals surface area contributed by atoms with E-state index in [2.05, 4.69) is 15.2 Å². The number of amides is 1. The van der Waals surface area contributed by atoms with Crippen LogP contribution in [0.15, 0.2) is 4.99 Å². The van der Waals surface area contributed by atoms with Crippen molar-refractivity contribution in [2.45, 2.75) is 47.0 Å². The molecule has 152 valence electrons. The van der Waals surface area contributed by atoms with Crippen LogP contribution in [-0.4, -0.2) is 73.5 Å². The molecule has 1 atom stereocenters. The molecule has 1 unspecified atom stereocenters. The second-order valence-corrected chi connectivity index (χ2v) is 6.09. The van der Waals surface area contributed by atoms with Gasteiger partial charge in [-0.05, 0) is 40.5 Å². The van der Waals surface area contributed by atoms with Gasteiger partial charge in [0.25, 0.3) is 0 Å². The molecule has 26 heavy (non-hydrogen) atoms. The largest absolute Gasteiger partial charge is 0.466 e. The lowest BCUT2D eigenvalue weighted by atomic mass is 9.98. The number of carbonyl (C=O) groups is 2. The number of likely N-dealkylation sites (tertiary alicyclic amines) is 1. The summed E-state index contributed by atoms with van der Waals surface area (Å²) in [5.74, 6) is 0.686. The van der Waals surface area contributed by atoms with Crippen molar-refractivity contribution in [1.29, 1.82) is 0 Å². The van der Waals surface area contributed by atoms with Gasteiger partial charge in [0.1, 0.15) is 0 Å². The molecule has 1 rings (SSSR count). The summed E-state index contributed by atoms with van der Waals surface area (Å²) >= 11 is 0. The average Bonchev–Trinajstić information content (AvgIpc) is 2.62. The standard InChI is InChI=1S/C18H34N4O3.HI/c1-5-19-18(20-12-11-16(23)21(6-2)7-3)22-13-9-10-15(14-22)17(24)25-8-4;/h15H,5-14H2,1-4H3,(H,19,20);1H. The molecule has 0 bridgehead atoms. The minimum absolute atomic E-state index is 0. The molecule has 1 aliphatic heterocycles. The zero-order valence-corrected chi connectivity index (χ0v) is 19.0. The smallest absolute Gasteiger partial charge is 0.310 e. The number of rotatable bonds is 8. The first-order valence-corrected chi connectivity index (χ1v) is 9.54. The zero-order chi connectivity index (χ0) is 18.7. The number of ether oxygens (including phenoxy) is 1. The van der Waals surface area contributed by atoms with Crippen molar-refractivity contribution in [3.8, 4) is 0 Å². The zero-order valence-electron chi connectivity index (χ0n) is 16.6. The number of piperidine rings is 1. The van der Waals surface area contributed by atoms with E-state index in [1.807, 2.05) is 32.6 Å². The number of esters is 1. The van der Waals surface area contributed by atoms with Crippen LogP contribution in [0.2, 0.25) is 0 Å². The Morgan fingerprint density at radius 2 is 1.92 bits per heavy atom. The van der Waals surface area contributed by atoms with Crippen LogP contribution in [0.3, 0.4) is 0 Å². The molecule has 8 heteroatoms. The molecule has 1 N–H and O–H groups in total. The highest BCUT2D eigenvalue weighted by Gasteiger charge is 2.28. The normalized spacial score (nSPS) is 17.3. The third-order valence-electron chi connectivity index (χ3n) is 4.38. The minimum atomic E-state index is -0.125. The van der Waals surface area contributed by atoms with Crippen LogP contribution in [0.5, 0.6) is 0 Å². The average molecular weight is 482 g/mol. The van der Waals surface area contributed by atoms with Gasteiger partial charge in [-0.1, -0.05) is 0 Å². The molecular weight excluding hydrogens is 447 g/mol. The van der Waals surface area contributed by atoms with Crippen LogP contribution in [0, 0.1) is 5.92 Å². The summed E-state index contributed by atoms with van der Waals surface area (Å²) in [6.45, 7) is 12.4. The fourth-order valence-electron chi connectivity index (χ4n) is 3.04. The van der Waals surface area contributed by atoms with Crippen LogP contribution in [0.4, 0.5) is 0 Å². The Balaban J connectivity index is 0.00000625. The van der Waals surface area contributed by atoms with Gasteiger partial charge >= 0.3 is 5.97 Å². The van der Waals surface area contributed by atoms with Crippen molar-refractivity contribution >= 4 is 41.8 Å². The summed E-state index contributed by atoms with van der Waals surface area (Å²) in [5, 5.41) is 3.27. The number of halogens is 1. The molecule has 0 aromatic carbocycles. The quantitative estimate of drug-likeness (QED) is 0.248. The summed E-state index contributed by atoms with van der Waals surface area (Å²) in [5.41, 5.74) is 0. The Morgan fingerprint density at radius 1 is 1.23 bits per heavy atom. The number of hydrogen-bond donors (Lipinski definition) is 1. The molecule has 0 aromatic heterocycles. The Morgan fingerprint density at radius 3 is 2.50 bits per heavy atom. The van der Waals surface area contributed by atoms with E-state index in [-0.39, 0.29) is 41.8 Å². The van der Waals surface area contributed by atoms with Crippen LogP contribution in [-0.2, 0) is 14.3 Å². The molecule has 0 aliphatic carbocycles. The van der Waals surface area contributed by atoms with Gasteiger partial charge in [-0.15, -0.1) is 24.0 Å². The van der Waals surface area contributed by atoms with Crippen molar-refractivity contribution in [2.75, 3.05) is 45.9 Å². The topological polar surface area (TPSA) is 74.2 Å². The van der Waals surface area contributed by atoms with Crippen molar-refractivity contribution in [2.24, 2.45) is 10.9 Å². The number of nitrogens with zero attached hydrogens (tertiary/aromatic N) is 3. The lowest BCUT2D eigenvalue weighted by molar-refractivity contribution is -0.149. The van der Waals surface area contributed by atoms with Gasteiger partial charge in [-0.3, -0.25) is 14.6 Å².